The molecule has 1 amide bonds. The van der Waals surface area contributed by atoms with Gasteiger partial charge in [0.05, 0.1) is 12.7 Å². The van der Waals surface area contributed by atoms with Gasteiger partial charge in [0.1, 0.15) is 6.04 Å². The molecular formula is C18H15BrF3NO3. The summed E-state index contributed by atoms with van der Waals surface area (Å²) in [5, 5.41) is 2.50. The van der Waals surface area contributed by atoms with Crippen LogP contribution in [-0.4, -0.2) is 25.0 Å². The Labute approximate surface area is 156 Å². The van der Waals surface area contributed by atoms with Crippen LogP contribution < -0.4 is 5.32 Å². The van der Waals surface area contributed by atoms with Gasteiger partial charge in [-0.15, -0.1) is 0 Å². The van der Waals surface area contributed by atoms with Crippen LogP contribution in [0.5, 0.6) is 0 Å². The number of hydrogen-bond donors (Lipinski definition) is 1. The molecule has 26 heavy (non-hydrogen) atoms. The van der Waals surface area contributed by atoms with Crippen molar-refractivity contribution in [3.63, 3.8) is 0 Å². The van der Waals surface area contributed by atoms with Crippen molar-refractivity contribution in [1.82, 2.24) is 5.32 Å². The van der Waals surface area contributed by atoms with Crippen molar-refractivity contribution >= 4 is 27.8 Å². The maximum absolute atomic E-state index is 12.6. The van der Waals surface area contributed by atoms with E-state index in [1.807, 2.05) is 6.07 Å². The van der Waals surface area contributed by atoms with Crippen molar-refractivity contribution in [1.29, 1.82) is 0 Å². The number of ether oxygens (including phenoxy) is 1. The summed E-state index contributed by atoms with van der Waals surface area (Å²) >= 11 is 3.32. The Balaban J connectivity index is 2.14. The molecule has 0 aliphatic carbocycles. The molecule has 0 radical (unpaired) electrons. The molecule has 8 heteroatoms. The van der Waals surface area contributed by atoms with Crippen LogP contribution in [0.1, 0.15) is 21.5 Å². The van der Waals surface area contributed by atoms with Crippen LogP contribution in [0.15, 0.2) is 53.0 Å². The third-order valence-electron chi connectivity index (χ3n) is 3.59. The van der Waals surface area contributed by atoms with Crippen molar-refractivity contribution < 1.29 is 27.5 Å². The van der Waals surface area contributed by atoms with Gasteiger partial charge >= 0.3 is 12.1 Å². The minimum Gasteiger partial charge on any atom is -0.467 e. The standard InChI is InChI=1S/C18H15BrF3NO3/c1-26-17(25)15(10-11-3-2-4-14(19)9-11)23-16(24)12-5-7-13(8-6-12)18(20,21)22/h2-9,15H,10H2,1H3,(H,23,24)/t15-/m0/s1. The normalized spacial score (nSPS) is 12.3. The first kappa shape index (κ1) is 20.0. The van der Waals surface area contributed by atoms with E-state index in [1.54, 1.807) is 18.2 Å². The van der Waals surface area contributed by atoms with Crippen molar-refractivity contribution in [2.24, 2.45) is 0 Å². The summed E-state index contributed by atoms with van der Waals surface area (Å²) in [6.07, 6.45) is -4.30. The van der Waals surface area contributed by atoms with Crippen LogP contribution >= 0.6 is 15.9 Å². The van der Waals surface area contributed by atoms with Crippen molar-refractivity contribution in [3.05, 3.63) is 69.7 Å². The molecule has 2 aromatic carbocycles. The van der Waals surface area contributed by atoms with Gasteiger partial charge in [0.25, 0.3) is 5.91 Å². The zero-order chi connectivity index (χ0) is 19.3. The van der Waals surface area contributed by atoms with Crippen molar-refractivity contribution in [2.45, 2.75) is 18.6 Å². The quantitative estimate of drug-likeness (QED) is 0.731. The Bertz CT molecular complexity index is 791. The Morgan fingerprint density at radius 2 is 1.81 bits per heavy atom. The highest BCUT2D eigenvalue weighted by molar-refractivity contribution is 9.10. The van der Waals surface area contributed by atoms with Gasteiger partial charge in [-0.25, -0.2) is 4.79 Å². The lowest BCUT2D eigenvalue weighted by atomic mass is 10.0. The summed E-state index contributed by atoms with van der Waals surface area (Å²) < 4.78 is 43.3. The molecule has 0 aromatic heterocycles. The first-order valence-electron chi connectivity index (χ1n) is 7.51. The second-order valence-electron chi connectivity index (χ2n) is 5.46. The zero-order valence-electron chi connectivity index (χ0n) is 13.6. The van der Waals surface area contributed by atoms with Gasteiger partial charge in [0, 0.05) is 16.5 Å². The van der Waals surface area contributed by atoms with E-state index >= 15 is 0 Å². The van der Waals surface area contributed by atoms with Crippen LogP contribution in [0.2, 0.25) is 0 Å². The molecule has 0 unspecified atom stereocenters. The van der Waals surface area contributed by atoms with E-state index in [2.05, 4.69) is 21.2 Å². The lowest BCUT2D eigenvalue weighted by Crippen LogP contribution is -2.43. The molecule has 0 saturated heterocycles. The van der Waals surface area contributed by atoms with E-state index in [0.717, 1.165) is 34.3 Å². The second-order valence-corrected chi connectivity index (χ2v) is 6.37. The average molecular weight is 430 g/mol. The minimum atomic E-state index is -4.48. The van der Waals surface area contributed by atoms with Crippen molar-refractivity contribution in [2.75, 3.05) is 7.11 Å². The molecule has 1 atom stereocenters. The molecule has 2 rings (SSSR count). The number of halogens is 4. The minimum absolute atomic E-state index is 0.0149. The summed E-state index contributed by atoms with van der Waals surface area (Å²) in [5.41, 5.74) is -0.0589. The molecule has 0 bridgehead atoms. The van der Waals surface area contributed by atoms with Gasteiger partial charge in [0.15, 0.2) is 0 Å². The number of hydrogen-bond acceptors (Lipinski definition) is 3. The summed E-state index contributed by atoms with van der Waals surface area (Å²) in [4.78, 5) is 24.2. The fraction of sp³-hybridized carbons (Fsp3) is 0.222. The second kappa shape index (κ2) is 8.35. The highest BCUT2D eigenvalue weighted by atomic mass is 79.9. The van der Waals surface area contributed by atoms with E-state index in [-0.39, 0.29) is 12.0 Å². The van der Waals surface area contributed by atoms with Crippen LogP contribution in [0, 0.1) is 0 Å². The van der Waals surface area contributed by atoms with Crippen LogP contribution in [0.25, 0.3) is 0 Å². The summed E-state index contributed by atoms with van der Waals surface area (Å²) in [6.45, 7) is 0. The topological polar surface area (TPSA) is 55.4 Å². The van der Waals surface area contributed by atoms with Gasteiger partial charge in [-0.05, 0) is 42.0 Å². The number of benzene rings is 2. The highest BCUT2D eigenvalue weighted by Gasteiger charge is 2.30. The summed E-state index contributed by atoms with van der Waals surface area (Å²) in [6, 6.07) is 9.96. The lowest BCUT2D eigenvalue weighted by molar-refractivity contribution is -0.142. The zero-order valence-corrected chi connectivity index (χ0v) is 15.2. The van der Waals surface area contributed by atoms with Crippen LogP contribution in [0.3, 0.4) is 0 Å². The van der Waals surface area contributed by atoms with E-state index in [9.17, 15) is 22.8 Å². The third kappa shape index (κ3) is 5.32. The molecule has 0 aliphatic heterocycles. The summed E-state index contributed by atoms with van der Waals surface area (Å²) in [7, 11) is 1.19. The van der Waals surface area contributed by atoms with E-state index in [0.29, 0.717) is 0 Å². The molecule has 0 fully saturated rings. The maximum Gasteiger partial charge on any atom is 0.416 e. The van der Waals surface area contributed by atoms with Crippen molar-refractivity contribution in [3.8, 4) is 0 Å². The number of esters is 1. The van der Waals surface area contributed by atoms with Crippen LogP contribution in [-0.2, 0) is 22.1 Å². The molecule has 0 aliphatic rings. The van der Waals surface area contributed by atoms with Gasteiger partial charge < -0.3 is 10.1 Å². The van der Waals surface area contributed by atoms with E-state index in [4.69, 9.17) is 4.74 Å². The van der Waals surface area contributed by atoms with Gasteiger partial charge in [-0.3, -0.25) is 4.79 Å². The number of nitrogens with one attached hydrogen (secondary N) is 1. The number of methoxy groups -OCH3 is 1. The van der Waals surface area contributed by atoms with Gasteiger partial charge in [-0.1, -0.05) is 28.1 Å². The molecule has 138 valence electrons. The fourth-order valence-corrected chi connectivity index (χ4v) is 2.73. The Morgan fingerprint density at radius 1 is 1.15 bits per heavy atom. The monoisotopic (exact) mass is 429 g/mol. The number of carbonyl (C=O) groups excluding carboxylic acids is 2. The van der Waals surface area contributed by atoms with Gasteiger partial charge in [0.2, 0.25) is 0 Å². The molecule has 2 aromatic rings. The SMILES string of the molecule is COC(=O)[C@H](Cc1cccc(Br)c1)NC(=O)c1ccc(C(F)(F)F)cc1. The highest BCUT2D eigenvalue weighted by Crippen LogP contribution is 2.29. The Morgan fingerprint density at radius 3 is 2.35 bits per heavy atom. The number of carbonyl (C=O) groups is 2. The number of rotatable bonds is 5. The molecule has 0 spiro atoms. The molecule has 0 saturated carbocycles. The van der Waals surface area contributed by atoms with E-state index in [1.165, 1.54) is 7.11 Å². The fourth-order valence-electron chi connectivity index (χ4n) is 2.29. The Kier molecular flexibility index (Phi) is 6.42. The summed E-state index contributed by atoms with van der Waals surface area (Å²) in [5.74, 6) is -1.31. The predicted molar refractivity (Wildman–Crippen MR) is 92.6 cm³/mol. The Hall–Kier alpha value is -2.35. The number of alkyl halides is 3. The predicted octanol–water partition coefficient (Wildman–Crippen LogP) is 3.98. The molecule has 0 heterocycles. The van der Waals surface area contributed by atoms with E-state index < -0.39 is 29.7 Å². The smallest absolute Gasteiger partial charge is 0.416 e. The maximum atomic E-state index is 12.6. The molecule has 1 N–H and O–H groups in total. The lowest BCUT2D eigenvalue weighted by Gasteiger charge is -2.17. The first-order chi connectivity index (χ1) is 12.2. The number of amides is 1. The van der Waals surface area contributed by atoms with Gasteiger partial charge in [-0.2, -0.15) is 13.2 Å². The first-order valence-corrected chi connectivity index (χ1v) is 8.30. The third-order valence-corrected chi connectivity index (χ3v) is 4.09. The van der Waals surface area contributed by atoms with Crippen LogP contribution in [0.4, 0.5) is 13.2 Å². The molecular weight excluding hydrogens is 415 g/mol. The largest absolute Gasteiger partial charge is 0.467 e. The molecule has 4 nitrogen and oxygen atoms in total. The average Bonchev–Trinajstić information content (AvgIpc) is 2.59.